The number of hydrogen-bond acceptors (Lipinski definition) is 3. The molecule has 3 rings (SSSR count). The lowest BCUT2D eigenvalue weighted by Gasteiger charge is -2.33. The Labute approximate surface area is 144 Å². The standard InChI is InChI=1S/C20H25NO3/c1-21-11-10-15-6-5-7-18(23-3)20(15)16(21)12-14-8-9-17(22-2)19(13-14)24-4/h5-9,13,16H,10-12H2,1-4H3/p+1. The van der Waals surface area contributed by atoms with E-state index in [9.17, 15) is 0 Å². The minimum Gasteiger partial charge on any atom is -0.496 e. The number of ether oxygens (including phenoxy) is 3. The maximum Gasteiger partial charge on any atom is 0.160 e. The van der Waals surface area contributed by atoms with Gasteiger partial charge in [-0.25, -0.2) is 0 Å². The predicted molar refractivity (Wildman–Crippen MR) is 94.4 cm³/mol. The molecule has 0 saturated heterocycles. The molecule has 1 aliphatic rings. The number of benzene rings is 2. The smallest absolute Gasteiger partial charge is 0.160 e. The summed E-state index contributed by atoms with van der Waals surface area (Å²) in [5.41, 5.74) is 4.00. The van der Waals surface area contributed by atoms with Gasteiger partial charge in [0.15, 0.2) is 11.5 Å². The monoisotopic (exact) mass is 328 g/mol. The number of fused-ring (bicyclic) bond motifs is 1. The molecule has 0 fully saturated rings. The van der Waals surface area contributed by atoms with Crippen LogP contribution in [0.25, 0.3) is 0 Å². The highest BCUT2D eigenvalue weighted by Gasteiger charge is 2.31. The molecular weight excluding hydrogens is 302 g/mol. The first-order chi connectivity index (χ1) is 11.7. The first kappa shape index (κ1) is 16.7. The molecule has 2 unspecified atom stereocenters. The lowest BCUT2D eigenvalue weighted by molar-refractivity contribution is -0.914. The van der Waals surface area contributed by atoms with E-state index in [1.807, 2.05) is 6.07 Å². The summed E-state index contributed by atoms with van der Waals surface area (Å²) < 4.78 is 16.4. The predicted octanol–water partition coefficient (Wildman–Crippen LogP) is 2.07. The van der Waals surface area contributed by atoms with Gasteiger partial charge in [0.05, 0.1) is 40.5 Å². The molecule has 1 heterocycles. The second kappa shape index (κ2) is 7.14. The molecule has 2 aromatic rings. The third-order valence-corrected chi connectivity index (χ3v) is 5.00. The lowest BCUT2D eigenvalue weighted by Crippen LogP contribution is -3.10. The van der Waals surface area contributed by atoms with Crippen LogP contribution in [0.2, 0.25) is 0 Å². The number of likely N-dealkylation sites (N-methyl/N-ethyl adjacent to an activating group) is 1. The third-order valence-electron chi connectivity index (χ3n) is 5.00. The second-order valence-corrected chi connectivity index (χ2v) is 6.33. The van der Waals surface area contributed by atoms with Gasteiger partial charge in [-0.1, -0.05) is 18.2 Å². The quantitative estimate of drug-likeness (QED) is 0.912. The van der Waals surface area contributed by atoms with Crippen molar-refractivity contribution in [3.05, 3.63) is 53.1 Å². The van der Waals surface area contributed by atoms with Crippen molar-refractivity contribution < 1.29 is 19.1 Å². The van der Waals surface area contributed by atoms with Crippen LogP contribution in [-0.2, 0) is 12.8 Å². The third kappa shape index (κ3) is 3.06. The molecule has 2 aromatic carbocycles. The fraction of sp³-hybridized carbons (Fsp3) is 0.400. The SMILES string of the molecule is COc1ccc(CC2c3c(cccc3OC)CC[NH+]2C)cc1OC. The molecule has 0 saturated carbocycles. The molecule has 0 radical (unpaired) electrons. The van der Waals surface area contributed by atoms with Crippen LogP contribution >= 0.6 is 0 Å². The van der Waals surface area contributed by atoms with E-state index in [1.54, 1.807) is 21.3 Å². The zero-order valence-corrected chi connectivity index (χ0v) is 14.9. The van der Waals surface area contributed by atoms with E-state index in [0.29, 0.717) is 6.04 Å². The number of rotatable bonds is 5. The second-order valence-electron chi connectivity index (χ2n) is 6.33. The van der Waals surface area contributed by atoms with E-state index in [0.717, 1.165) is 36.6 Å². The van der Waals surface area contributed by atoms with Gasteiger partial charge in [0.1, 0.15) is 11.8 Å². The highest BCUT2D eigenvalue weighted by atomic mass is 16.5. The fourth-order valence-corrected chi connectivity index (χ4v) is 3.65. The maximum atomic E-state index is 5.65. The van der Waals surface area contributed by atoms with Crippen LogP contribution < -0.4 is 19.1 Å². The van der Waals surface area contributed by atoms with Crippen LogP contribution in [0.1, 0.15) is 22.7 Å². The largest absolute Gasteiger partial charge is 0.496 e. The Morgan fingerprint density at radius 3 is 2.42 bits per heavy atom. The summed E-state index contributed by atoms with van der Waals surface area (Å²) in [6.07, 6.45) is 2.04. The molecule has 2 atom stereocenters. The molecule has 4 heteroatoms. The molecule has 0 amide bonds. The summed E-state index contributed by atoms with van der Waals surface area (Å²) in [7, 11) is 7.36. The maximum absolute atomic E-state index is 5.65. The van der Waals surface area contributed by atoms with E-state index >= 15 is 0 Å². The van der Waals surface area contributed by atoms with Crippen LogP contribution in [-0.4, -0.2) is 34.9 Å². The molecule has 4 nitrogen and oxygen atoms in total. The van der Waals surface area contributed by atoms with E-state index in [2.05, 4.69) is 37.4 Å². The minimum absolute atomic E-state index is 0.378. The summed E-state index contributed by atoms with van der Waals surface area (Å²) in [6, 6.07) is 12.9. The van der Waals surface area contributed by atoms with Gasteiger partial charge in [-0.05, 0) is 29.3 Å². The average molecular weight is 328 g/mol. The van der Waals surface area contributed by atoms with Crippen LogP contribution in [0, 0.1) is 0 Å². The topological polar surface area (TPSA) is 32.1 Å². The van der Waals surface area contributed by atoms with Crippen molar-refractivity contribution in [1.82, 2.24) is 0 Å². The number of methoxy groups -OCH3 is 3. The highest BCUT2D eigenvalue weighted by Crippen LogP contribution is 2.33. The Balaban J connectivity index is 1.96. The van der Waals surface area contributed by atoms with Crippen LogP contribution in [0.4, 0.5) is 0 Å². The molecule has 24 heavy (non-hydrogen) atoms. The Kier molecular flexibility index (Phi) is 4.95. The number of nitrogens with one attached hydrogen (secondary N) is 1. The van der Waals surface area contributed by atoms with Crippen LogP contribution in [0.5, 0.6) is 17.2 Å². The van der Waals surface area contributed by atoms with Gasteiger partial charge in [-0.2, -0.15) is 0 Å². The van der Waals surface area contributed by atoms with Crippen molar-refractivity contribution in [2.75, 3.05) is 34.9 Å². The molecule has 1 aliphatic heterocycles. The van der Waals surface area contributed by atoms with Crippen molar-refractivity contribution in [2.24, 2.45) is 0 Å². The fourth-order valence-electron chi connectivity index (χ4n) is 3.65. The van der Waals surface area contributed by atoms with Crippen molar-refractivity contribution in [3.63, 3.8) is 0 Å². The van der Waals surface area contributed by atoms with Gasteiger partial charge in [-0.3, -0.25) is 0 Å². The summed E-state index contributed by atoms with van der Waals surface area (Å²) in [6.45, 7) is 1.14. The van der Waals surface area contributed by atoms with Crippen LogP contribution in [0.3, 0.4) is 0 Å². The first-order valence-electron chi connectivity index (χ1n) is 8.37. The molecular formula is C20H26NO3+. The molecule has 0 aromatic heterocycles. The first-order valence-corrected chi connectivity index (χ1v) is 8.37. The van der Waals surface area contributed by atoms with Crippen molar-refractivity contribution in [3.8, 4) is 17.2 Å². The minimum atomic E-state index is 0.378. The average Bonchev–Trinajstić information content (AvgIpc) is 2.63. The van der Waals surface area contributed by atoms with E-state index in [4.69, 9.17) is 14.2 Å². The van der Waals surface area contributed by atoms with E-state index in [1.165, 1.54) is 21.6 Å². The molecule has 0 bridgehead atoms. The van der Waals surface area contributed by atoms with Gasteiger partial charge in [0.2, 0.25) is 0 Å². The Bertz CT molecular complexity index is 700. The van der Waals surface area contributed by atoms with Crippen LogP contribution in [0.15, 0.2) is 36.4 Å². The lowest BCUT2D eigenvalue weighted by atomic mass is 9.88. The summed E-state index contributed by atoms with van der Waals surface area (Å²) >= 11 is 0. The normalized spacial score (nSPS) is 19.5. The van der Waals surface area contributed by atoms with E-state index < -0.39 is 0 Å². The van der Waals surface area contributed by atoms with E-state index in [-0.39, 0.29) is 0 Å². The number of hydrogen-bond donors (Lipinski definition) is 1. The van der Waals surface area contributed by atoms with Gasteiger partial charge in [0, 0.05) is 12.8 Å². The summed E-state index contributed by atoms with van der Waals surface area (Å²) in [4.78, 5) is 1.52. The molecule has 128 valence electrons. The number of quaternary nitrogens is 1. The van der Waals surface area contributed by atoms with Gasteiger partial charge in [-0.15, -0.1) is 0 Å². The molecule has 0 aliphatic carbocycles. The van der Waals surface area contributed by atoms with Gasteiger partial charge in [0.25, 0.3) is 0 Å². The van der Waals surface area contributed by atoms with Crippen molar-refractivity contribution in [1.29, 1.82) is 0 Å². The Morgan fingerprint density at radius 2 is 1.71 bits per heavy atom. The zero-order valence-electron chi connectivity index (χ0n) is 14.9. The Hall–Kier alpha value is -2.20. The summed E-state index contributed by atoms with van der Waals surface area (Å²) in [5, 5.41) is 0. The Morgan fingerprint density at radius 1 is 0.958 bits per heavy atom. The van der Waals surface area contributed by atoms with Crippen molar-refractivity contribution in [2.45, 2.75) is 18.9 Å². The van der Waals surface area contributed by atoms with Crippen molar-refractivity contribution >= 4 is 0 Å². The van der Waals surface area contributed by atoms with Gasteiger partial charge < -0.3 is 19.1 Å². The molecule has 1 N–H and O–H groups in total. The summed E-state index contributed by atoms with van der Waals surface area (Å²) in [5.74, 6) is 2.55. The highest BCUT2D eigenvalue weighted by molar-refractivity contribution is 5.46. The molecule has 0 spiro atoms. The van der Waals surface area contributed by atoms with Gasteiger partial charge >= 0.3 is 0 Å². The zero-order chi connectivity index (χ0) is 17.1.